The Labute approximate surface area is 149 Å². The highest BCUT2D eigenvalue weighted by atomic mass is 35.5. The lowest BCUT2D eigenvalue weighted by molar-refractivity contribution is 0.0636. The van der Waals surface area contributed by atoms with Crippen LogP contribution in [0.1, 0.15) is 44.4 Å². The summed E-state index contributed by atoms with van der Waals surface area (Å²) in [5.41, 5.74) is 0.917. The van der Waals surface area contributed by atoms with Crippen LogP contribution in [0.2, 0.25) is 5.02 Å². The van der Waals surface area contributed by atoms with Gasteiger partial charge in [0.2, 0.25) is 0 Å². The summed E-state index contributed by atoms with van der Waals surface area (Å²) in [7, 11) is 0. The minimum absolute atomic E-state index is 0.0592. The average molecular weight is 369 g/mol. The second-order valence-electron chi connectivity index (χ2n) is 6.76. The number of aromatic nitrogens is 1. The van der Waals surface area contributed by atoms with Gasteiger partial charge >= 0.3 is 6.09 Å². The second-order valence-corrected chi connectivity index (χ2v) is 8.20. The number of benzene rings is 1. The molecule has 24 heavy (non-hydrogen) atoms. The molecule has 3 rings (SSSR count). The number of thiazole rings is 1. The summed E-state index contributed by atoms with van der Waals surface area (Å²) in [6.45, 7) is 5.40. The molecule has 1 N–H and O–H groups in total. The summed E-state index contributed by atoms with van der Waals surface area (Å²) in [5, 5.41) is 3.21. The van der Waals surface area contributed by atoms with Crippen LogP contribution >= 0.6 is 22.9 Å². The van der Waals surface area contributed by atoms with Crippen molar-refractivity contribution in [1.82, 2.24) is 4.98 Å². The van der Waals surface area contributed by atoms with Crippen LogP contribution in [0.3, 0.4) is 0 Å². The van der Waals surface area contributed by atoms with Crippen molar-refractivity contribution >= 4 is 34.2 Å². The molecule has 128 valence electrons. The SMILES string of the molecule is CC(C)(C)OC(=O)Nc1nc(-c2ccc(F)c(Cl)c2)c(C2CC2)s1. The zero-order chi connectivity index (χ0) is 17.5. The molecule has 1 heterocycles. The third kappa shape index (κ3) is 4.05. The summed E-state index contributed by atoms with van der Waals surface area (Å²) < 4.78 is 18.7. The zero-order valence-electron chi connectivity index (χ0n) is 13.7. The quantitative estimate of drug-likeness (QED) is 0.741. The fraction of sp³-hybridized carbons (Fsp3) is 0.412. The number of ether oxygens (including phenoxy) is 1. The average Bonchev–Trinajstić information content (AvgIpc) is 3.21. The molecular weight excluding hydrogens is 351 g/mol. The van der Waals surface area contributed by atoms with Crippen molar-refractivity contribution in [1.29, 1.82) is 0 Å². The molecular formula is C17H18ClFN2O2S. The van der Waals surface area contributed by atoms with Crippen LogP contribution in [0.25, 0.3) is 11.3 Å². The maximum Gasteiger partial charge on any atom is 0.413 e. The lowest BCUT2D eigenvalue weighted by atomic mass is 10.1. The van der Waals surface area contributed by atoms with Gasteiger partial charge in [-0.1, -0.05) is 11.6 Å². The van der Waals surface area contributed by atoms with E-state index in [1.807, 2.05) is 0 Å². The van der Waals surface area contributed by atoms with Gasteiger partial charge in [-0.05, 0) is 57.7 Å². The number of nitrogens with zero attached hydrogens (tertiary/aromatic N) is 1. The Bertz CT molecular complexity index is 781. The normalized spacial score (nSPS) is 14.5. The highest BCUT2D eigenvalue weighted by Crippen LogP contribution is 2.48. The number of amides is 1. The standard InChI is InChI=1S/C17H18ClFN2O2S/c1-17(2,3)23-16(22)21-15-20-13(14(24-15)9-4-5-9)10-6-7-12(19)11(18)8-10/h6-9H,4-5H2,1-3H3,(H,20,21,22). The van der Waals surface area contributed by atoms with Crippen molar-refractivity contribution in [2.24, 2.45) is 0 Å². The first-order valence-electron chi connectivity index (χ1n) is 7.69. The van der Waals surface area contributed by atoms with Crippen LogP contribution in [-0.2, 0) is 4.74 Å². The molecule has 1 fully saturated rings. The van der Waals surface area contributed by atoms with Gasteiger partial charge < -0.3 is 4.74 Å². The number of hydrogen-bond acceptors (Lipinski definition) is 4. The van der Waals surface area contributed by atoms with E-state index in [0.717, 1.165) is 29.0 Å². The van der Waals surface area contributed by atoms with E-state index in [0.29, 0.717) is 11.0 Å². The predicted octanol–water partition coefficient (Wildman–Crippen LogP) is 5.83. The van der Waals surface area contributed by atoms with Gasteiger partial charge in [-0.3, -0.25) is 5.32 Å². The van der Waals surface area contributed by atoms with Gasteiger partial charge in [0.05, 0.1) is 10.7 Å². The molecule has 7 heteroatoms. The number of rotatable bonds is 3. The second kappa shape index (κ2) is 6.33. The first-order valence-corrected chi connectivity index (χ1v) is 8.88. The fourth-order valence-corrected chi connectivity index (χ4v) is 3.57. The molecule has 0 radical (unpaired) electrons. The maximum absolute atomic E-state index is 13.4. The number of nitrogens with one attached hydrogen (secondary N) is 1. The minimum atomic E-state index is -0.575. The number of halogens is 2. The summed E-state index contributed by atoms with van der Waals surface area (Å²) in [5.74, 6) is -0.0220. The number of anilines is 1. The third-order valence-corrected chi connectivity index (χ3v) is 4.83. The van der Waals surface area contributed by atoms with Crippen molar-refractivity contribution in [2.75, 3.05) is 5.32 Å². The highest BCUT2D eigenvalue weighted by Gasteiger charge is 2.30. The molecule has 1 aromatic heterocycles. The summed E-state index contributed by atoms with van der Waals surface area (Å²) in [6, 6.07) is 4.54. The van der Waals surface area contributed by atoms with Gasteiger partial charge in [0.15, 0.2) is 5.13 Å². The topological polar surface area (TPSA) is 51.2 Å². The van der Waals surface area contributed by atoms with Crippen LogP contribution in [0.4, 0.5) is 14.3 Å². The van der Waals surface area contributed by atoms with E-state index >= 15 is 0 Å². The zero-order valence-corrected chi connectivity index (χ0v) is 15.2. The van der Waals surface area contributed by atoms with Crippen LogP contribution in [-0.4, -0.2) is 16.7 Å². The number of carbonyl (C=O) groups excluding carboxylic acids is 1. The van der Waals surface area contributed by atoms with Crippen molar-refractivity contribution in [3.05, 3.63) is 33.9 Å². The number of carbonyl (C=O) groups is 1. The van der Waals surface area contributed by atoms with E-state index in [9.17, 15) is 9.18 Å². The van der Waals surface area contributed by atoms with Crippen molar-refractivity contribution in [3.8, 4) is 11.3 Å². The van der Waals surface area contributed by atoms with E-state index < -0.39 is 17.5 Å². The Hall–Kier alpha value is -1.66. The Balaban J connectivity index is 1.88. The van der Waals surface area contributed by atoms with Crippen LogP contribution in [0, 0.1) is 5.82 Å². The smallest absolute Gasteiger partial charge is 0.413 e. The van der Waals surface area contributed by atoms with Crippen molar-refractivity contribution < 1.29 is 13.9 Å². The van der Waals surface area contributed by atoms with Gasteiger partial charge in [0.25, 0.3) is 0 Å². The van der Waals surface area contributed by atoms with Gasteiger partial charge in [-0.2, -0.15) is 0 Å². The lowest BCUT2D eigenvalue weighted by Crippen LogP contribution is -2.27. The van der Waals surface area contributed by atoms with Crippen LogP contribution < -0.4 is 5.32 Å². The van der Waals surface area contributed by atoms with E-state index in [2.05, 4.69) is 10.3 Å². The minimum Gasteiger partial charge on any atom is -0.444 e. The molecule has 1 aliphatic rings. The first-order chi connectivity index (χ1) is 11.2. The molecule has 0 bridgehead atoms. The summed E-state index contributed by atoms with van der Waals surface area (Å²) in [6.07, 6.45) is 1.65. The Kier molecular flexibility index (Phi) is 4.53. The molecule has 1 aliphatic carbocycles. The molecule has 0 saturated heterocycles. The van der Waals surface area contributed by atoms with E-state index in [-0.39, 0.29) is 5.02 Å². The molecule has 4 nitrogen and oxygen atoms in total. The van der Waals surface area contributed by atoms with Crippen LogP contribution in [0.5, 0.6) is 0 Å². The molecule has 0 aliphatic heterocycles. The van der Waals surface area contributed by atoms with Crippen LogP contribution in [0.15, 0.2) is 18.2 Å². The van der Waals surface area contributed by atoms with E-state index in [1.165, 1.54) is 17.4 Å². The Morgan fingerprint density at radius 1 is 1.42 bits per heavy atom. The molecule has 2 aromatic rings. The van der Waals surface area contributed by atoms with Gasteiger partial charge in [0.1, 0.15) is 11.4 Å². The maximum atomic E-state index is 13.4. The van der Waals surface area contributed by atoms with Crippen molar-refractivity contribution in [3.63, 3.8) is 0 Å². The third-order valence-electron chi connectivity index (χ3n) is 3.40. The molecule has 1 aromatic carbocycles. The molecule has 0 atom stereocenters. The lowest BCUT2D eigenvalue weighted by Gasteiger charge is -2.18. The molecule has 0 spiro atoms. The first kappa shape index (κ1) is 17.2. The van der Waals surface area contributed by atoms with E-state index in [4.69, 9.17) is 16.3 Å². The summed E-state index contributed by atoms with van der Waals surface area (Å²) >= 11 is 7.32. The largest absolute Gasteiger partial charge is 0.444 e. The molecule has 0 unspecified atom stereocenters. The highest BCUT2D eigenvalue weighted by molar-refractivity contribution is 7.16. The monoisotopic (exact) mass is 368 g/mol. The summed E-state index contributed by atoms with van der Waals surface area (Å²) in [4.78, 5) is 17.5. The van der Waals surface area contributed by atoms with Gasteiger partial charge in [0, 0.05) is 10.4 Å². The predicted molar refractivity (Wildman–Crippen MR) is 94.3 cm³/mol. The van der Waals surface area contributed by atoms with Gasteiger partial charge in [-0.15, -0.1) is 11.3 Å². The van der Waals surface area contributed by atoms with Crippen molar-refractivity contribution in [2.45, 2.75) is 45.1 Å². The van der Waals surface area contributed by atoms with Gasteiger partial charge in [-0.25, -0.2) is 14.2 Å². The van der Waals surface area contributed by atoms with E-state index in [1.54, 1.807) is 32.9 Å². The fourth-order valence-electron chi connectivity index (χ4n) is 2.25. The molecule has 1 saturated carbocycles. The number of hydrogen-bond donors (Lipinski definition) is 1. The molecule has 1 amide bonds. The Morgan fingerprint density at radius 3 is 2.71 bits per heavy atom. The Morgan fingerprint density at radius 2 is 2.12 bits per heavy atom.